The summed E-state index contributed by atoms with van der Waals surface area (Å²) in [5.41, 5.74) is 0. The summed E-state index contributed by atoms with van der Waals surface area (Å²) < 4.78 is 25.4. The van der Waals surface area contributed by atoms with E-state index in [1.165, 1.54) is 17.7 Å². The molecule has 10 heteroatoms. The van der Waals surface area contributed by atoms with Gasteiger partial charge in [0.2, 0.25) is 10.0 Å². The first-order valence-corrected chi connectivity index (χ1v) is 12.7. The number of likely N-dealkylation sites (tertiary alicyclic amines) is 1. The highest BCUT2D eigenvalue weighted by molar-refractivity contribution is 14.0. The standard InChI is InChI=1S/C19H33N5O2S2.HI/c1-3-20-19(21-9-12-24-11-6-14-28(24,25)26)22-15-16-7-4-10-23(2)18(16)17-8-5-13-27-17;/h5,8,13,16,18H,3-4,6-7,9-12,14-15H2,1-2H3,(H2,20,21,22);1H. The van der Waals surface area contributed by atoms with Crippen LogP contribution in [0.3, 0.4) is 0 Å². The molecule has 2 unspecified atom stereocenters. The van der Waals surface area contributed by atoms with E-state index in [0.29, 0.717) is 31.6 Å². The molecule has 2 fully saturated rings. The summed E-state index contributed by atoms with van der Waals surface area (Å²) in [6.07, 6.45) is 3.12. The van der Waals surface area contributed by atoms with Crippen LogP contribution in [0.15, 0.2) is 22.5 Å². The minimum atomic E-state index is -3.04. The summed E-state index contributed by atoms with van der Waals surface area (Å²) in [6.45, 7) is 6.43. The number of nitrogens with zero attached hydrogens (tertiary/aromatic N) is 3. The minimum absolute atomic E-state index is 0. The first-order valence-electron chi connectivity index (χ1n) is 10.2. The van der Waals surface area contributed by atoms with Gasteiger partial charge < -0.3 is 10.6 Å². The Balaban J connectivity index is 0.00000300. The number of halogens is 1. The Hall–Kier alpha value is -0.430. The van der Waals surface area contributed by atoms with Crippen molar-refractivity contribution >= 4 is 51.3 Å². The van der Waals surface area contributed by atoms with Crippen LogP contribution in [-0.2, 0) is 10.0 Å². The van der Waals surface area contributed by atoms with Gasteiger partial charge in [0.1, 0.15) is 0 Å². The van der Waals surface area contributed by atoms with E-state index in [1.54, 1.807) is 4.31 Å². The number of sulfonamides is 1. The lowest BCUT2D eigenvalue weighted by atomic mass is 9.88. The van der Waals surface area contributed by atoms with Crippen LogP contribution in [0.25, 0.3) is 0 Å². The molecule has 0 amide bonds. The lowest BCUT2D eigenvalue weighted by Gasteiger charge is -2.38. The van der Waals surface area contributed by atoms with Gasteiger partial charge in [-0.25, -0.2) is 12.7 Å². The highest BCUT2D eigenvalue weighted by atomic mass is 127. The largest absolute Gasteiger partial charge is 0.357 e. The molecule has 0 saturated carbocycles. The predicted molar refractivity (Wildman–Crippen MR) is 132 cm³/mol. The number of hydrogen-bond donors (Lipinski definition) is 2. The lowest BCUT2D eigenvalue weighted by Crippen LogP contribution is -2.43. The van der Waals surface area contributed by atoms with Gasteiger partial charge in [0, 0.05) is 43.6 Å². The van der Waals surface area contributed by atoms with E-state index in [-0.39, 0.29) is 29.7 Å². The van der Waals surface area contributed by atoms with Gasteiger partial charge in [-0.2, -0.15) is 0 Å². The van der Waals surface area contributed by atoms with Crippen molar-refractivity contribution in [1.82, 2.24) is 19.8 Å². The third-order valence-corrected chi connectivity index (χ3v) is 8.43. The molecule has 29 heavy (non-hydrogen) atoms. The summed E-state index contributed by atoms with van der Waals surface area (Å²) in [6, 6.07) is 4.78. The molecule has 0 spiro atoms. The zero-order valence-electron chi connectivity index (χ0n) is 17.3. The molecule has 2 N–H and O–H groups in total. The van der Waals surface area contributed by atoms with E-state index in [2.05, 4.69) is 40.1 Å². The number of nitrogens with one attached hydrogen (secondary N) is 2. The molecule has 7 nitrogen and oxygen atoms in total. The van der Waals surface area contributed by atoms with Gasteiger partial charge in [-0.1, -0.05) is 6.07 Å². The maximum atomic E-state index is 11.9. The topological polar surface area (TPSA) is 77.0 Å². The molecule has 0 aliphatic carbocycles. The van der Waals surface area contributed by atoms with Crippen molar-refractivity contribution in [2.24, 2.45) is 10.9 Å². The zero-order chi connectivity index (χ0) is 20.0. The fourth-order valence-electron chi connectivity index (χ4n) is 4.15. The number of thiophene rings is 1. The molecule has 2 atom stereocenters. The van der Waals surface area contributed by atoms with Gasteiger partial charge in [0.15, 0.2) is 5.96 Å². The second-order valence-electron chi connectivity index (χ2n) is 7.56. The molecule has 2 aliphatic heterocycles. The Bertz CT molecular complexity index is 742. The Labute approximate surface area is 196 Å². The number of piperidine rings is 1. The van der Waals surface area contributed by atoms with Crippen molar-refractivity contribution in [1.29, 1.82) is 0 Å². The van der Waals surface area contributed by atoms with E-state index in [1.807, 2.05) is 18.3 Å². The van der Waals surface area contributed by atoms with E-state index < -0.39 is 10.0 Å². The summed E-state index contributed by atoms with van der Waals surface area (Å²) in [5, 5.41) is 8.75. The van der Waals surface area contributed by atoms with Crippen molar-refractivity contribution in [3.63, 3.8) is 0 Å². The molecule has 0 bridgehead atoms. The van der Waals surface area contributed by atoms with Crippen LogP contribution in [0.4, 0.5) is 0 Å². The first-order chi connectivity index (χ1) is 13.5. The van der Waals surface area contributed by atoms with Crippen LogP contribution in [0, 0.1) is 5.92 Å². The van der Waals surface area contributed by atoms with Crippen LogP contribution in [0.1, 0.15) is 37.1 Å². The van der Waals surface area contributed by atoms with Gasteiger partial charge in [-0.15, -0.1) is 35.3 Å². The summed E-state index contributed by atoms with van der Waals surface area (Å²) in [5.74, 6) is 1.55. The zero-order valence-corrected chi connectivity index (χ0v) is 21.3. The SMILES string of the molecule is CCNC(=NCC1CCCN(C)C1c1cccs1)NCCN1CCCS1(=O)=O.I. The fourth-order valence-corrected chi connectivity index (χ4v) is 6.66. The van der Waals surface area contributed by atoms with E-state index >= 15 is 0 Å². The molecule has 0 aromatic carbocycles. The molecule has 166 valence electrons. The predicted octanol–water partition coefficient (Wildman–Crippen LogP) is 2.34. The number of rotatable bonds is 7. The fraction of sp³-hybridized carbons (Fsp3) is 0.737. The molecule has 2 saturated heterocycles. The Morgan fingerprint density at radius 2 is 2.14 bits per heavy atom. The summed E-state index contributed by atoms with van der Waals surface area (Å²) in [4.78, 5) is 8.71. The monoisotopic (exact) mass is 555 g/mol. The highest BCUT2D eigenvalue weighted by Gasteiger charge is 2.31. The van der Waals surface area contributed by atoms with Crippen molar-refractivity contribution < 1.29 is 8.42 Å². The number of aliphatic imine (C=N–C) groups is 1. The Kier molecular flexibility index (Phi) is 10.1. The highest BCUT2D eigenvalue weighted by Crippen LogP contribution is 2.37. The smallest absolute Gasteiger partial charge is 0.214 e. The van der Waals surface area contributed by atoms with Crippen LogP contribution in [-0.4, -0.2) is 75.7 Å². The second kappa shape index (κ2) is 11.8. The average molecular weight is 556 g/mol. The lowest BCUT2D eigenvalue weighted by molar-refractivity contribution is 0.128. The molecular formula is C19H34IN5O2S2. The van der Waals surface area contributed by atoms with Crippen LogP contribution in [0.2, 0.25) is 0 Å². The van der Waals surface area contributed by atoms with Gasteiger partial charge in [-0.3, -0.25) is 9.89 Å². The van der Waals surface area contributed by atoms with Gasteiger partial charge in [0.25, 0.3) is 0 Å². The van der Waals surface area contributed by atoms with E-state index in [4.69, 9.17) is 4.99 Å². The molecule has 2 aliphatic rings. The van der Waals surface area contributed by atoms with Gasteiger partial charge in [-0.05, 0) is 57.1 Å². The summed E-state index contributed by atoms with van der Waals surface area (Å²) >= 11 is 1.83. The molecule has 1 aromatic rings. The maximum absolute atomic E-state index is 11.9. The molecular weight excluding hydrogens is 521 g/mol. The normalized spacial score (nSPS) is 25.5. The van der Waals surface area contributed by atoms with Crippen LogP contribution in [0.5, 0.6) is 0 Å². The van der Waals surface area contributed by atoms with Crippen molar-refractivity contribution in [3.8, 4) is 0 Å². The third kappa shape index (κ3) is 6.78. The number of guanidine groups is 1. The van der Waals surface area contributed by atoms with Crippen LogP contribution >= 0.6 is 35.3 Å². The number of hydrogen-bond acceptors (Lipinski definition) is 5. The molecule has 3 rings (SSSR count). The van der Waals surface area contributed by atoms with Crippen molar-refractivity contribution in [2.75, 3.05) is 52.1 Å². The van der Waals surface area contributed by atoms with E-state index in [9.17, 15) is 8.42 Å². The second-order valence-corrected chi connectivity index (χ2v) is 10.6. The maximum Gasteiger partial charge on any atom is 0.214 e. The quantitative estimate of drug-likeness (QED) is 0.307. The van der Waals surface area contributed by atoms with Gasteiger partial charge >= 0.3 is 0 Å². The first kappa shape index (κ1) is 24.8. The van der Waals surface area contributed by atoms with E-state index in [0.717, 1.165) is 32.0 Å². The van der Waals surface area contributed by atoms with Gasteiger partial charge in [0.05, 0.1) is 5.75 Å². The van der Waals surface area contributed by atoms with Crippen molar-refractivity contribution in [3.05, 3.63) is 22.4 Å². The third-order valence-electron chi connectivity index (χ3n) is 5.53. The minimum Gasteiger partial charge on any atom is -0.357 e. The van der Waals surface area contributed by atoms with Crippen LogP contribution < -0.4 is 10.6 Å². The Morgan fingerprint density at radius 3 is 2.79 bits per heavy atom. The molecule has 3 heterocycles. The molecule has 1 aromatic heterocycles. The Morgan fingerprint density at radius 1 is 1.31 bits per heavy atom. The summed E-state index contributed by atoms with van der Waals surface area (Å²) in [7, 11) is -0.828. The average Bonchev–Trinajstić information content (AvgIpc) is 3.29. The van der Waals surface area contributed by atoms with Crippen molar-refractivity contribution in [2.45, 2.75) is 32.2 Å². The molecule has 0 radical (unpaired) electrons.